The van der Waals surface area contributed by atoms with Gasteiger partial charge in [-0.1, -0.05) is 24.3 Å². The van der Waals surface area contributed by atoms with Crippen LogP contribution in [0.4, 0.5) is 0 Å². The molecule has 0 atom stereocenters. The highest BCUT2D eigenvalue weighted by molar-refractivity contribution is 6.21. The Labute approximate surface area is 168 Å². The molecule has 29 heavy (non-hydrogen) atoms. The summed E-state index contributed by atoms with van der Waals surface area (Å²) in [6.07, 6.45) is 0. The summed E-state index contributed by atoms with van der Waals surface area (Å²) in [7, 11) is 0. The first-order valence-corrected chi connectivity index (χ1v) is 9.54. The molecule has 0 aliphatic carbocycles. The molecule has 1 fully saturated rings. The summed E-state index contributed by atoms with van der Waals surface area (Å²) in [6.45, 7) is 3.67. The number of carbonyl (C=O) groups excluding carboxylic acids is 4. The lowest BCUT2D eigenvalue weighted by Gasteiger charge is -2.34. The van der Waals surface area contributed by atoms with Gasteiger partial charge in [-0.15, -0.1) is 0 Å². The summed E-state index contributed by atoms with van der Waals surface area (Å²) < 4.78 is 0. The summed E-state index contributed by atoms with van der Waals surface area (Å²) >= 11 is 0. The van der Waals surface area contributed by atoms with E-state index in [1.165, 1.54) is 11.8 Å². The van der Waals surface area contributed by atoms with Crippen LogP contribution >= 0.6 is 0 Å². The van der Waals surface area contributed by atoms with Crippen LogP contribution in [0.2, 0.25) is 0 Å². The van der Waals surface area contributed by atoms with Crippen LogP contribution in [0.1, 0.15) is 43.6 Å². The molecule has 0 radical (unpaired) electrons. The van der Waals surface area contributed by atoms with Crippen LogP contribution < -0.4 is 0 Å². The summed E-state index contributed by atoms with van der Waals surface area (Å²) in [5, 5.41) is 0. The zero-order chi connectivity index (χ0) is 20.5. The number of nitrogens with zero attached hydrogens (tertiary/aromatic N) is 3. The number of imide groups is 1. The van der Waals surface area contributed by atoms with Crippen LogP contribution in [0.15, 0.2) is 48.5 Å². The van der Waals surface area contributed by atoms with Gasteiger partial charge in [-0.3, -0.25) is 24.1 Å². The number of carbonyl (C=O) groups is 4. The van der Waals surface area contributed by atoms with Crippen LogP contribution in [-0.2, 0) is 11.3 Å². The Morgan fingerprint density at radius 2 is 1.41 bits per heavy atom. The molecule has 0 bridgehead atoms. The Morgan fingerprint density at radius 1 is 0.828 bits per heavy atom. The van der Waals surface area contributed by atoms with Crippen molar-refractivity contribution in [2.24, 2.45) is 0 Å². The van der Waals surface area contributed by atoms with Gasteiger partial charge in [-0.05, 0) is 29.8 Å². The van der Waals surface area contributed by atoms with E-state index in [1.807, 2.05) is 0 Å². The van der Waals surface area contributed by atoms with Gasteiger partial charge < -0.3 is 9.80 Å². The van der Waals surface area contributed by atoms with Gasteiger partial charge in [0, 0.05) is 38.7 Å². The second-order valence-electron chi connectivity index (χ2n) is 7.24. The quantitative estimate of drug-likeness (QED) is 0.748. The van der Waals surface area contributed by atoms with Gasteiger partial charge in [-0.2, -0.15) is 0 Å². The topological polar surface area (TPSA) is 78.0 Å². The van der Waals surface area contributed by atoms with Gasteiger partial charge in [0.1, 0.15) is 0 Å². The number of hydrogen-bond donors (Lipinski definition) is 0. The number of rotatable bonds is 3. The number of piperazine rings is 1. The zero-order valence-corrected chi connectivity index (χ0v) is 16.1. The third-order valence-electron chi connectivity index (χ3n) is 5.41. The molecule has 1 saturated heterocycles. The molecular weight excluding hydrogens is 370 g/mol. The maximum absolute atomic E-state index is 12.8. The van der Waals surface area contributed by atoms with Crippen molar-refractivity contribution in [3.05, 3.63) is 70.8 Å². The fourth-order valence-electron chi connectivity index (χ4n) is 3.78. The highest BCUT2D eigenvalue weighted by Crippen LogP contribution is 2.24. The molecular formula is C22H21N3O4. The van der Waals surface area contributed by atoms with Crippen molar-refractivity contribution in [2.45, 2.75) is 13.5 Å². The summed E-state index contributed by atoms with van der Waals surface area (Å²) in [6, 6.07) is 13.8. The van der Waals surface area contributed by atoms with Crippen LogP contribution in [0.5, 0.6) is 0 Å². The SMILES string of the molecule is CC(=O)N1CCN(C(=O)c2cccc(CN3C(=O)c4ccccc4C3=O)c2)CC1. The Bertz CT molecular complexity index is 974. The predicted molar refractivity (Wildman–Crippen MR) is 105 cm³/mol. The van der Waals surface area contributed by atoms with E-state index in [0.29, 0.717) is 48.4 Å². The molecule has 4 rings (SSSR count). The number of amides is 4. The van der Waals surface area contributed by atoms with Crippen molar-refractivity contribution in [1.29, 1.82) is 0 Å². The van der Waals surface area contributed by atoms with E-state index in [4.69, 9.17) is 0 Å². The number of hydrogen-bond acceptors (Lipinski definition) is 4. The third kappa shape index (κ3) is 3.51. The minimum absolute atomic E-state index is 0.0139. The van der Waals surface area contributed by atoms with Crippen molar-refractivity contribution >= 4 is 23.6 Å². The Kier molecular flexibility index (Phi) is 4.88. The van der Waals surface area contributed by atoms with Gasteiger partial charge in [0.25, 0.3) is 17.7 Å². The Balaban J connectivity index is 1.47. The molecule has 0 N–H and O–H groups in total. The highest BCUT2D eigenvalue weighted by Gasteiger charge is 2.35. The second kappa shape index (κ2) is 7.50. The molecule has 0 aromatic heterocycles. The van der Waals surface area contributed by atoms with E-state index in [-0.39, 0.29) is 30.2 Å². The van der Waals surface area contributed by atoms with Crippen molar-refractivity contribution in [2.75, 3.05) is 26.2 Å². The largest absolute Gasteiger partial charge is 0.339 e. The smallest absolute Gasteiger partial charge is 0.261 e. The van der Waals surface area contributed by atoms with Gasteiger partial charge in [-0.25, -0.2) is 0 Å². The molecule has 148 valence electrons. The number of benzene rings is 2. The Morgan fingerprint density at radius 3 is 2.00 bits per heavy atom. The van der Waals surface area contributed by atoms with Gasteiger partial charge >= 0.3 is 0 Å². The van der Waals surface area contributed by atoms with Crippen LogP contribution in [0.3, 0.4) is 0 Å². The molecule has 0 spiro atoms. The van der Waals surface area contributed by atoms with E-state index in [9.17, 15) is 19.2 Å². The first kappa shape index (κ1) is 18.9. The summed E-state index contributed by atoms with van der Waals surface area (Å²) in [5.74, 6) is -0.733. The molecule has 7 heteroatoms. The monoisotopic (exact) mass is 391 g/mol. The fraction of sp³-hybridized carbons (Fsp3) is 0.273. The van der Waals surface area contributed by atoms with Crippen molar-refractivity contribution in [3.63, 3.8) is 0 Å². The van der Waals surface area contributed by atoms with E-state index in [1.54, 1.807) is 58.3 Å². The summed E-state index contributed by atoms with van der Waals surface area (Å²) in [4.78, 5) is 54.1. The van der Waals surface area contributed by atoms with Crippen LogP contribution in [-0.4, -0.2) is 64.5 Å². The van der Waals surface area contributed by atoms with E-state index in [2.05, 4.69) is 0 Å². The molecule has 0 unspecified atom stereocenters. The van der Waals surface area contributed by atoms with Gasteiger partial charge in [0.05, 0.1) is 17.7 Å². The Hall–Kier alpha value is -3.48. The molecule has 2 aliphatic heterocycles. The standard InChI is InChI=1S/C22H21N3O4/c1-15(26)23-9-11-24(12-10-23)20(27)17-6-4-5-16(13-17)14-25-21(28)18-7-2-3-8-19(18)22(25)29/h2-8,13H,9-12,14H2,1H3. The van der Waals surface area contributed by atoms with Crippen LogP contribution in [0, 0.1) is 0 Å². The van der Waals surface area contributed by atoms with E-state index >= 15 is 0 Å². The molecule has 0 saturated carbocycles. The maximum Gasteiger partial charge on any atom is 0.261 e. The molecule has 2 heterocycles. The second-order valence-corrected chi connectivity index (χ2v) is 7.24. The van der Waals surface area contributed by atoms with E-state index in [0.717, 1.165) is 0 Å². The lowest BCUT2D eigenvalue weighted by atomic mass is 10.1. The number of fused-ring (bicyclic) bond motifs is 1. The van der Waals surface area contributed by atoms with Crippen LogP contribution in [0.25, 0.3) is 0 Å². The fourth-order valence-corrected chi connectivity index (χ4v) is 3.78. The average molecular weight is 391 g/mol. The van der Waals surface area contributed by atoms with Crippen molar-refractivity contribution in [1.82, 2.24) is 14.7 Å². The maximum atomic E-state index is 12.8. The molecule has 2 aromatic rings. The molecule has 4 amide bonds. The van der Waals surface area contributed by atoms with Gasteiger partial charge in [0.15, 0.2) is 0 Å². The lowest BCUT2D eigenvalue weighted by molar-refractivity contribution is -0.130. The minimum atomic E-state index is -0.317. The van der Waals surface area contributed by atoms with Crippen molar-refractivity contribution < 1.29 is 19.2 Å². The minimum Gasteiger partial charge on any atom is -0.339 e. The molecule has 2 aromatic carbocycles. The lowest BCUT2D eigenvalue weighted by Crippen LogP contribution is -2.50. The van der Waals surface area contributed by atoms with Crippen molar-refractivity contribution in [3.8, 4) is 0 Å². The first-order chi connectivity index (χ1) is 14.0. The third-order valence-corrected chi connectivity index (χ3v) is 5.41. The van der Waals surface area contributed by atoms with E-state index < -0.39 is 0 Å². The average Bonchev–Trinajstić information content (AvgIpc) is 2.98. The zero-order valence-electron chi connectivity index (χ0n) is 16.1. The molecule has 2 aliphatic rings. The summed E-state index contributed by atoms with van der Waals surface area (Å²) in [5.41, 5.74) is 2.05. The normalized spacial score (nSPS) is 16.2. The predicted octanol–water partition coefficient (Wildman–Crippen LogP) is 1.79. The highest BCUT2D eigenvalue weighted by atomic mass is 16.2. The molecule has 7 nitrogen and oxygen atoms in total. The first-order valence-electron chi connectivity index (χ1n) is 9.54. The van der Waals surface area contributed by atoms with Gasteiger partial charge in [0.2, 0.25) is 5.91 Å².